The summed E-state index contributed by atoms with van der Waals surface area (Å²) in [7, 11) is 0. The third kappa shape index (κ3) is 1.84. The number of nitrogens with zero attached hydrogens (tertiary/aromatic N) is 2. The maximum Gasteiger partial charge on any atom is 0.0909 e. The van der Waals surface area contributed by atoms with Gasteiger partial charge in [-0.15, -0.1) is 0 Å². The Morgan fingerprint density at radius 2 is 2.12 bits per heavy atom. The Hall–Kier alpha value is -1.30. The van der Waals surface area contributed by atoms with Crippen molar-refractivity contribution in [3.8, 4) is 6.07 Å². The van der Waals surface area contributed by atoms with Crippen molar-refractivity contribution in [1.29, 1.82) is 5.26 Å². The molecule has 0 aliphatic carbocycles. The summed E-state index contributed by atoms with van der Waals surface area (Å²) in [5, 5.41) is 10.6. The van der Waals surface area contributed by atoms with Gasteiger partial charge in [0.1, 0.15) is 0 Å². The van der Waals surface area contributed by atoms with Crippen molar-refractivity contribution in [2.75, 3.05) is 0 Å². The average molecular weight is 251 g/mol. The van der Waals surface area contributed by atoms with Gasteiger partial charge >= 0.3 is 0 Å². The van der Waals surface area contributed by atoms with E-state index in [0.29, 0.717) is 22.0 Å². The first-order valence-corrected chi connectivity index (χ1v) is 5.50. The van der Waals surface area contributed by atoms with E-state index in [-0.39, 0.29) is 0 Å². The van der Waals surface area contributed by atoms with Gasteiger partial charge in [-0.25, -0.2) is 0 Å². The molecular formula is C12H8Cl2N2. The molecule has 0 spiro atoms. The number of halogens is 2. The highest BCUT2D eigenvalue weighted by molar-refractivity contribution is 6.45. The van der Waals surface area contributed by atoms with E-state index in [4.69, 9.17) is 28.5 Å². The highest BCUT2D eigenvalue weighted by Crippen LogP contribution is 2.31. The summed E-state index contributed by atoms with van der Waals surface area (Å²) in [6, 6.07) is 7.61. The van der Waals surface area contributed by atoms with Gasteiger partial charge in [-0.3, -0.25) is 4.98 Å². The van der Waals surface area contributed by atoms with Gasteiger partial charge in [0.25, 0.3) is 0 Å². The van der Waals surface area contributed by atoms with Gasteiger partial charge in [0.15, 0.2) is 0 Å². The molecule has 2 nitrogen and oxygen atoms in total. The van der Waals surface area contributed by atoms with Gasteiger partial charge in [-0.1, -0.05) is 29.3 Å². The molecule has 0 N–H and O–H groups in total. The maximum absolute atomic E-state index is 8.76. The van der Waals surface area contributed by atoms with Gasteiger partial charge in [-0.05, 0) is 24.6 Å². The minimum Gasteiger partial charge on any atom is -0.251 e. The number of fused-ring (bicyclic) bond motifs is 1. The molecule has 0 saturated heterocycles. The molecule has 0 aliphatic rings. The molecule has 80 valence electrons. The van der Waals surface area contributed by atoms with E-state index in [1.54, 1.807) is 6.07 Å². The van der Waals surface area contributed by atoms with E-state index >= 15 is 0 Å². The lowest BCUT2D eigenvalue weighted by Crippen LogP contribution is -1.92. The fraction of sp³-hybridized carbons (Fsp3) is 0.167. The fourth-order valence-electron chi connectivity index (χ4n) is 1.68. The molecule has 0 amide bonds. The summed E-state index contributed by atoms with van der Waals surface area (Å²) in [5.74, 6) is 0. The summed E-state index contributed by atoms with van der Waals surface area (Å²) in [6.07, 6.45) is 0.345. The van der Waals surface area contributed by atoms with Crippen molar-refractivity contribution in [3.05, 3.63) is 39.5 Å². The highest BCUT2D eigenvalue weighted by Gasteiger charge is 2.09. The normalized spacial score (nSPS) is 10.4. The lowest BCUT2D eigenvalue weighted by Gasteiger charge is -2.07. The Morgan fingerprint density at radius 1 is 1.38 bits per heavy atom. The van der Waals surface area contributed by atoms with Crippen LogP contribution in [0.5, 0.6) is 0 Å². The zero-order valence-corrected chi connectivity index (χ0v) is 10.1. The molecule has 4 heteroatoms. The monoisotopic (exact) mass is 250 g/mol. The smallest absolute Gasteiger partial charge is 0.0909 e. The Morgan fingerprint density at radius 3 is 2.81 bits per heavy atom. The second-order valence-corrected chi connectivity index (χ2v) is 4.30. The quantitative estimate of drug-likeness (QED) is 0.770. The van der Waals surface area contributed by atoms with Crippen molar-refractivity contribution in [3.63, 3.8) is 0 Å². The summed E-state index contributed by atoms with van der Waals surface area (Å²) in [4.78, 5) is 4.35. The number of nitriles is 1. The molecule has 1 heterocycles. The van der Waals surface area contributed by atoms with Crippen molar-refractivity contribution in [2.45, 2.75) is 13.3 Å². The summed E-state index contributed by atoms with van der Waals surface area (Å²) >= 11 is 12.0. The summed E-state index contributed by atoms with van der Waals surface area (Å²) in [6.45, 7) is 1.87. The first kappa shape index (κ1) is 11.2. The molecule has 1 aromatic heterocycles. The van der Waals surface area contributed by atoms with Gasteiger partial charge in [0, 0.05) is 11.1 Å². The number of hydrogen-bond acceptors (Lipinski definition) is 2. The third-order valence-electron chi connectivity index (χ3n) is 2.36. The molecule has 0 radical (unpaired) electrons. The van der Waals surface area contributed by atoms with Crippen LogP contribution in [-0.4, -0.2) is 4.98 Å². The summed E-state index contributed by atoms with van der Waals surface area (Å²) < 4.78 is 0. The minimum atomic E-state index is 0.345. The molecule has 0 atom stereocenters. The largest absolute Gasteiger partial charge is 0.251 e. The molecule has 0 saturated carbocycles. The number of hydrogen-bond donors (Lipinski definition) is 0. The van der Waals surface area contributed by atoms with Gasteiger partial charge < -0.3 is 0 Å². The van der Waals surface area contributed by atoms with E-state index in [9.17, 15) is 0 Å². The molecule has 0 aliphatic heterocycles. The molecule has 2 aromatic rings. The summed E-state index contributed by atoms with van der Waals surface area (Å²) in [5.41, 5.74) is 2.44. The molecule has 16 heavy (non-hydrogen) atoms. The standard InChI is InChI=1S/C12H8Cl2N2/c1-7-6-8(4-5-15)9-2-3-10(13)11(14)12(9)16-7/h2-3,6H,4H2,1H3. The van der Waals surface area contributed by atoms with E-state index in [0.717, 1.165) is 16.6 Å². The predicted molar refractivity (Wildman–Crippen MR) is 65.8 cm³/mol. The van der Waals surface area contributed by atoms with Gasteiger partial charge in [0.2, 0.25) is 0 Å². The lowest BCUT2D eigenvalue weighted by molar-refractivity contribution is 1.20. The van der Waals surface area contributed by atoms with E-state index in [2.05, 4.69) is 11.1 Å². The van der Waals surface area contributed by atoms with E-state index < -0.39 is 0 Å². The average Bonchev–Trinajstić information content (AvgIpc) is 2.24. The van der Waals surface area contributed by atoms with Crippen LogP contribution in [0.3, 0.4) is 0 Å². The fourth-order valence-corrected chi connectivity index (χ4v) is 2.04. The molecule has 2 rings (SSSR count). The van der Waals surface area contributed by atoms with Crippen molar-refractivity contribution < 1.29 is 0 Å². The molecule has 1 aromatic carbocycles. The van der Waals surface area contributed by atoms with Gasteiger partial charge in [0.05, 0.1) is 28.1 Å². The minimum absolute atomic E-state index is 0.345. The van der Waals surface area contributed by atoms with Crippen LogP contribution in [0.25, 0.3) is 10.9 Å². The second kappa shape index (κ2) is 4.29. The van der Waals surface area contributed by atoms with Crippen molar-refractivity contribution in [2.24, 2.45) is 0 Å². The molecular weight excluding hydrogens is 243 g/mol. The second-order valence-electron chi connectivity index (χ2n) is 3.52. The molecule has 0 unspecified atom stereocenters. The Kier molecular flexibility index (Phi) is 3.00. The highest BCUT2D eigenvalue weighted by atomic mass is 35.5. The number of aryl methyl sites for hydroxylation is 1. The maximum atomic E-state index is 8.76. The third-order valence-corrected chi connectivity index (χ3v) is 3.15. The Bertz CT molecular complexity index is 600. The predicted octanol–water partition coefficient (Wildman–Crippen LogP) is 3.92. The van der Waals surface area contributed by atoms with Crippen LogP contribution in [0.15, 0.2) is 18.2 Å². The Labute approximate surface area is 103 Å². The number of benzene rings is 1. The Balaban J connectivity index is 2.84. The van der Waals surface area contributed by atoms with E-state index in [1.165, 1.54) is 0 Å². The van der Waals surface area contributed by atoms with E-state index in [1.807, 2.05) is 19.1 Å². The SMILES string of the molecule is Cc1cc(CC#N)c2ccc(Cl)c(Cl)c2n1. The van der Waals surface area contributed by atoms with Crippen LogP contribution >= 0.6 is 23.2 Å². The molecule has 0 fully saturated rings. The first-order chi connectivity index (χ1) is 7.63. The number of rotatable bonds is 1. The van der Waals surface area contributed by atoms with Crippen LogP contribution in [-0.2, 0) is 6.42 Å². The zero-order valence-electron chi connectivity index (χ0n) is 8.59. The number of aromatic nitrogens is 1. The number of pyridine rings is 1. The topological polar surface area (TPSA) is 36.7 Å². The van der Waals surface area contributed by atoms with Crippen LogP contribution in [0.2, 0.25) is 10.0 Å². The first-order valence-electron chi connectivity index (χ1n) is 4.74. The van der Waals surface area contributed by atoms with Crippen LogP contribution < -0.4 is 0 Å². The van der Waals surface area contributed by atoms with Crippen LogP contribution in [0.4, 0.5) is 0 Å². The molecule has 0 bridgehead atoms. The van der Waals surface area contributed by atoms with Crippen molar-refractivity contribution >= 4 is 34.1 Å². The van der Waals surface area contributed by atoms with Crippen LogP contribution in [0.1, 0.15) is 11.3 Å². The zero-order chi connectivity index (χ0) is 11.7. The van der Waals surface area contributed by atoms with Crippen LogP contribution in [0, 0.1) is 18.3 Å². The lowest BCUT2D eigenvalue weighted by atomic mass is 10.1. The van der Waals surface area contributed by atoms with Crippen molar-refractivity contribution in [1.82, 2.24) is 4.98 Å². The van der Waals surface area contributed by atoms with Gasteiger partial charge in [-0.2, -0.15) is 5.26 Å².